The van der Waals surface area contributed by atoms with E-state index < -0.39 is 0 Å². The van der Waals surface area contributed by atoms with Gasteiger partial charge in [-0.25, -0.2) is 0 Å². The second kappa shape index (κ2) is 4.72. The number of carbonyl (C=O) groups excluding carboxylic acids is 1. The van der Waals surface area contributed by atoms with E-state index in [9.17, 15) is 4.79 Å². The van der Waals surface area contributed by atoms with Gasteiger partial charge in [-0.15, -0.1) is 11.3 Å². The lowest BCUT2D eigenvalue weighted by Gasteiger charge is -1.91. The minimum Gasteiger partial charge on any atom is -0.462 e. The van der Waals surface area contributed by atoms with Crippen molar-refractivity contribution in [1.82, 2.24) is 0 Å². The average Bonchev–Trinajstić information content (AvgIpc) is 2.81. The van der Waals surface area contributed by atoms with Crippen LogP contribution in [-0.2, 0) is 0 Å². The van der Waals surface area contributed by atoms with Gasteiger partial charge in [-0.2, -0.15) is 0 Å². The van der Waals surface area contributed by atoms with Gasteiger partial charge in [0.2, 0.25) is 0 Å². The summed E-state index contributed by atoms with van der Waals surface area (Å²) in [5.41, 5.74) is 0.784. The molecule has 0 unspecified atom stereocenters. The molecule has 0 bridgehead atoms. The number of hydrogen-bond donors (Lipinski definition) is 0. The van der Waals surface area contributed by atoms with Crippen molar-refractivity contribution in [3.63, 3.8) is 0 Å². The fourth-order valence-corrected chi connectivity index (χ4v) is 2.60. The topological polar surface area (TPSA) is 30.2 Å². The number of allylic oxidation sites excluding steroid dienone is 1. The molecule has 3 heteroatoms. The molecule has 0 fully saturated rings. The molecule has 2 nitrogen and oxygen atoms in total. The quantitative estimate of drug-likeness (QED) is 0.601. The summed E-state index contributed by atoms with van der Waals surface area (Å²) in [5, 5.41) is 0. The highest BCUT2D eigenvalue weighted by molar-refractivity contribution is 7.12. The summed E-state index contributed by atoms with van der Waals surface area (Å²) in [4.78, 5) is 14.2. The van der Waals surface area contributed by atoms with Crippen molar-refractivity contribution in [3.05, 3.63) is 51.1 Å². The molecule has 2 rings (SSSR count). The van der Waals surface area contributed by atoms with Gasteiger partial charge in [0.15, 0.2) is 5.78 Å². The molecule has 17 heavy (non-hydrogen) atoms. The maximum Gasteiger partial charge on any atom is 0.187 e. The first-order valence-electron chi connectivity index (χ1n) is 5.42. The van der Waals surface area contributed by atoms with E-state index in [-0.39, 0.29) is 5.78 Å². The normalized spacial score (nSPS) is 11.2. The van der Waals surface area contributed by atoms with E-state index in [0.29, 0.717) is 5.76 Å². The van der Waals surface area contributed by atoms with Crippen molar-refractivity contribution >= 4 is 23.2 Å². The summed E-state index contributed by atoms with van der Waals surface area (Å²) in [6.45, 7) is 5.86. The molecule has 0 aliphatic carbocycles. The number of ketones is 1. The Morgan fingerprint density at radius 2 is 2.06 bits per heavy atom. The van der Waals surface area contributed by atoms with Crippen LogP contribution in [0, 0.1) is 20.8 Å². The molecule has 2 aromatic heterocycles. The molecule has 0 radical (unpaired) electrons. The zero-order chi connectivity index (χ0) is 12.4. The smallest absolute Gasteiger partial charge is 0.187 e. The van der Waals surface area contributed by atoms with Gasteiger partial charge in [-0.1, -0.05) is 0 Å². The Morgan fingerprint density at radius 3 is 2.59 bits per heavy atom. The molecule has 0 atom stereocenters. The fraction of sp³-hybridized carbons (Fsp3) is 0.214. The van der Waals surface area contributed by atoms with Gasteiger partial charge in [-0.05, 0) is 51.1 Å². The molecule has 0 aromatic carbocycles. The van der Waals surface area contributed by atoms with Crippen LogP contribution in [-0.4, -0.2) is 5.78 Å². The first kappa shape index (κ1) is 11.9. The highest BCUT2D eigenvalue weighted by atomic mass is 32.1. The SMILES string of the molecule is Cc1ccc(/C=C/C(=O)c2cc(C)sc2C)o1. The lowest BCUT2D eigenvalue weighted by molar-refractivity contribution is 0.104. The average molecular weight is 246 g/mol. The van der Waals surface area contributed by atoms with Crippen LogP contribution in [0.15, 0.2) is 28.7 Å². The number of aryl methyl sites for hydroxylation is 3. The lowest BCUT2D eigenvalue weighted by Crippen LogP contribution is -1.93. The van der Waals surface area contributed by atoms with E-state index in [0.717, 1.165) is 21.1 Å². The summed E-state index contributed by atoms with van der Waals surface area (Å²) in [5.74, 6) is 1.58. The Morgan fingerprint density at radius 1 is 1.29 bits per heavy atom. The van der Waals surface area contributed by atoms with Crippen LogP contribution in [0.5, 0.6) is 0 Å². The van der Waals surface area contributed by atoms with E-state index in [2.05, 4.69) is 0 Å². The first-order chi connectivity index (χ1) is 8.06. The Hall–Kier alpha value is -1.61. The summed E-state index contributed by atoms with van der Waals surface area (Å²) in [7, 11) is 0. The summed E-state index contributed by atoms with van der Waals surface area (Å²) in [6, 6.07) is 5.66. The molecule has 0 saturated carbocycles. The number of carbonyl (C=O) groups is 1. The molecule has 0 aliphatic heterocycles. The van der Waals surface area contributed by atoms with Gasteiger partial charge < -0.3 is 4.42 Å². The van der Waals surface area contributed by atoms with Crippen LogP contribution < -0.4 is 0 Å². The van der Waals surface area contributed by atoms with Crippen LogP contribution in [0.25, 0.3) is 6.08 Å². The molecular formula is C14H14O2S. The van der Waals surface area contributed by atoms with Gasteiger partial charge >= 0.3 is 0 Å². The zero-order valence-corrected chi connectivity index (χ0v) is 10.9. The first-order valence-corrected chi connectivity index (χ1v) is 6.24. The second-order valence-corrected chi connectivity index (χ2v) is 5.43. The molecular weight excluding hydrogens is 232 g/mol. The molecule has 0 N–H and O–H groups in total. The van der Waals surface area contributed by atoms with Crippen molar-refractivity contribution < 1.29 is 9.21 Å². The minimum atomic E-state index is 0.0286. The van der Waals surface area contributed by atoms with Crippen molar-refractivity contribution in [2.75, 3.05) is 0 Å². The standard InChI is InChI=1S/C14H14O2S/c1-9-4-5-12(16-9)6-7-14(15)13-8-10(2)17-11(13)3/h4-8H,1-3H3/b7-6+. The predicted octanol–water partition coefficient (Wildman–Crippen LogP) is 4.16. The minimum absolute atomic E-state index is 0.0286. The van der Waals surface area contributed by atoms with E-state index in [1.165, 1.54) is 0 Å². The van der Waals surface area contributed by atoms with Gasteiger partial charge in [0.25, 0.3) is 0 Å². The van der Waals surface area contributed by atoms with Crippen molar-refractivity contribution in [3.8, 4) is 0 Å². The highest BCUT2D eigenvalue weighted by Crippen LogP contribution is 2.21. The predicted molar refractivity (Wildman–Crippen MR) is 70.6 cm³/mol. The third kappa shape index (κ3) is 2.74. The summed E-state index contributed by atoms with van der Waals surface area (Å²) in [6.07, 6.45) is 3.27. The number of thiophene rings is 1. The Kier molecular flexibility index (Phi) is 3.29. The molecule has 0 amide bonds. The molecule has 88 valence electrons. The summed E-state index contributed by atoms with van der Waals surface area (Å²) < 4.78 is 5.37. The van der Waals surface area contributed by atoms with Crippen molar-refractivity contribution in [2.45, 2.75) is 20.8 Å². The largest absolute Gasteiger partial charge is 0.462 e. The maximum atomic E-state index is 11.9. The highest BCUT2D eigenvalue weighted by Gasteiger charge is 2.08. The molecule has 0 spiro atoms. The van der Waals surface area contributed by atoms with Crippen LogP contribution in [0.1, 0.15) is 31.6 Å². The Balaban J connectivity index is 2.17. The van der Waals surface area contributed by atoms with Gasteiger partial charge in [0.1, 0.15) is 11.5 Å². The number of hydrogen-bond acceptors (Lipinski definition) is 3. The van der Waals surface area contributed by atoms with Gasteiger partial charge in [-0.3, -0.25) is 4.79 Å². The van der Waals surface area contributed by atoms with Crippen LogP contribution >= 0.6 is 11.3 Å². The Bertz CT molecular complexity index is 573. The maximum absolute atomic E-state index is 11.9. The van der Waals surface area contributed by atoms with E-state index in [1.54, 1.807) is 23.5 Å². The lowest BCUT2D eigenvalue weighted by atomic mass is 10.1. The van der Waals surface area contributed by atoms with E-state index >= 15 is 0 Å². The van der Waals surface area contributed by atoms with Gasteiger partial charge in [0.05, 0.1) is 0 Å². The molecule has 0 saturated heterocycles. The second-order valence-electron chi connectivity index (χ2n) is 3.97. The van der Waals surface area contributed by atoms with Crippen molar-refractivity contribution in [2.24, 2.45) is 0 Å². The third-order valence-electron chi connectivity index (χ3n) is 2.47. The van der Waals surface area contributed by atoms with Crippen LogP contribution in [0.4, 0.5) is 0 Å². The van der Waals surface area contributed by atoms with Crippen molar-refractivity contribution in [1.29, 1.82) is 0 Å². The van der Waals surface area contributed by atoms with E-state index in [1.807, 2.05) is 39.0 Å². The third-order valence-corrected chi connectivity index (χ3v) is 3.43. The summed E-state index contributed by atoms with van der Waals surface area (Å²) >= 11 is 1.65. The zero-order valence-electron chi connectivity index (χ0n) is 10.1. The monoisotopic (exact) mass is 246 g/mol. The fourth-order valence-electron chi connectivity index (χ4n) is 1.67. The van der Waals surface area contributed by atoms with E-state index in [4.69, 9.17) is 4.42 Å². The van der Waals surface area contributed by atoms with Crippen LogP contribution in [0.3, 0.4) is 0 Å². The Labute approximate surface area is 105 Å². The molecule has 2 aromatic rings. The van der Waals surface area contributed by atoms with Crippen LogP contribution in [0.2, 0.25) is 0 Å². The number of furan rings is 1. The molecule has 2 heterocycles. The number of rotatable bonds is 3. The molecule has 0 aliphatic rings. The van der Waals surface area contributed by atoms with Gasteiger partial charge in [0, 0.05) is 15.3 Å².